The van der Waals surface area contributed by atoms with Crippen LogP contribution in [0.1, 0.15) is 19.3 Å². The van der Waals surface area contributed by atoms with E-state index in [1.54, 1.807) is 12.3 Å². The Morgan fingerprint density at radius 1 is 1.44 bits per heavy atom. The fourth-order valence-corrected chi connectivity index (χ4v) is 1.45. The molecule has 0 atom stereocenters. The summed E-state index contributed by atoms with van der Waals surface area (Å²) in [6.07, 6.45) is 5.49. The van der Waals surface area contributed by atoms with Crippen molar-refractivity contribution in [2.45, 2.75) is 19.3 Å². The van der Waals surface area contributed by atoms with Gasteiger partial charge in [-0.15, -0.1) is 0 Å². The molecule has 88 valence electrons. The lowest BCUT2D eigenvalue weighted by Crippen LogP contribution is -2.07. The number of ether oxygens (including phenoxy) is 1. The minimum atomic E-state index is 0.554. The predicted octanol–water partition coefficient (Wildman–Crippen LogP) is 1.89. The third kappa shape index (κ3) is 4.06. The molecule has 0 aliphatic heterocycles. The maximum absolute atomic E-state index is 5.54. The number of aromatic nitrogens is 1. The monoisotopic (exact) mass is 221 g/mol. The highest BCUT2D eigenvalue weighted by atomic mass is 16.5. The molecule has 0 spiro atoms. The molecule has 2 rings (SSSR count). The van der Waals surface area contributed by atoms with E-state index in [0.29, 0.717) is 5.82 Å². The Balaban J connectivity index is 1.51. The average molecular weight is 221 g/mol. The van der Waals surface area contributed by atoms with Gasteiger partial charge in [-0.25, -0.2) is 4.98 Å². The Hall–Kier alpha value is -1.29. The molecule has 16 heavy (non-hydrogen) atoms. The van der Waals surface area contributed by atoms with E-state index in [1.165, 1.54) is 12.8 Å². The number of hydrogen-bond acceptors (Lipinski definition) is 4. The van der Waals surface area contributed by atoms with E-state index in [1.807, 2.05) is 6.07 Å². The summed E-state index contributed by atoms with van der Waals surface area (Å²) in [5.74, 6) is 1.41. The van der Waals surface area contributed by atoms with Crippen LogP contribution in [0.15, 0.2) is 18.3 Å². The lowest BCUT2D eigenvalue weighted by molar-refractivity contribution is 0.124. The summed E-state index contributed by atoms with van der Waals surface area (Å²) in [6, 6.07) is 3.74. The molecule has 0 radical (unpaired) electrons. The first-order valence-corrected chi connectivity index (χ1v) is 5.88. The second-order valence-corrected chi connectivity index (χ2v) is 4.27. The molecule has 1 heterocycles. The van der Waals surface area contributed by atoms with Gasteiger partial charge in [0.2, 0.25) is 0 Å². The maximum Gasteiger partial charge on any atom is 0.123 e. The number of nitrogens with one attached hydrogen (secondary N) is 1. The summed E-state index contributed by atoms with van der Waals surface area (Å²) in [5, 5.41) is 3.28. The summed E-state index contributed by atoms with van der Waals surface area (Å²) < 4.78 is 5.54. The van der Waals surface area contributed by atoms with Gasteiger partial charge in [0, 0.05) is 19.8 Å². The van der Waals surface area contributed by atoms with Crippen molar-refractivity contribution in [1.82, 2.24) is 4.98 Å². The zero-order valence-corrected chi connectivity index (χ0v) is 9.48. The van der Waals surface area contributed by atoms with Crippen LogP contribution in [-0.4, -0.2) is 24.7 Å². The van der Waals surface area contributed by atoms with E-state index in [-0.39, 0.29) is 0 Å². The lowest BCUT2D eigenvalue weighted by Gasteiger charge is -2.06. The van der Waals surface area contributed by atoms with Crippen LogP contribution in [0.25, 0.3) is 0 Å². The zero-order chi connectivity index (χ0) is 11.2. The molecule has 0 bridgehead atoms. The first-order chi connectivity index (χ1) is 7.84. The van der Waals surface area contributed by atoms with Crippen molar-refractivity contribution < 1.29 is 4.74 Å². The molecule has 1 saturated carbocycles. The van der Waals surface area contributed by atoms with Gasteiger partial charge in [-0.3, -0.25) is 0 Å². The third-order valence-corrected chi connectivity index (χ3v) is 2.63. The van der Waals surface area contributed by atoms with Crippen molar-refractivity contribution in [3.63, 3.8) is 0 Å². The average Bonchev–Trinajstić information content (AvgIpc) is 3.10. The standard InChI is InChI=1S/C12H19N3O/c13-12-5-4-11(8-15-12)14-6-1-7-16-9-10-2-3-10/h4-5,8,10,14H,1-3,6-7,9H2,(H2,13,15). The molecule has 3 N–H and O–H groups in total. The molecule has 0 aromatic carbocycles. The topological polar surface area (TPSA) is 60.2 Å². The Bertz CT molecular complexity index is 309. The Kier molecular flexibility index (Phi) is 3.99. The Morgan fingerprint density at radius 3 is 3.00 bits per heavy atom. The molecule has 1 aliphatic rings. The quantitative estimate of drug-likeness (QED) is 0.690. The Labute approximate surface area is 96.2 Å². The van der Waals surface area contributed by atoms with Crippen molar-refractivity contribution in [3.8, 4) is 0 Å². The highest BCUT2D eigenvalue weighted by Gasteiger charge is 2.20. The van der Waals surface area contributed by atoms with Crippen molar-refractivity contribution in [2.24, 2.45) is 5.92 Å². The summed E-state index contributed by atoms with van der Waals surface area (Å²) in [6.45, 7) is 2.70. The van der Waals surface area contributed by atoms with Crippen LogP contribution >= 0.6 is 0 Å². The lowest BCUT2D eigenvalue weighted by atomic mass is 10.3. The largest absolute Gasteiger partial charge is 0.384 e. The van der Waals surface area contributed by atoms with E-state index >= 15 is 0 Å². The SMILES string of the molecule is Nc1ccc(NCCCOCC2CC2)cn1. The molecule has 0 saturated heterocycles. The van der Waals surface area contributed by atoms with Gasteiger partial charge in [-0.05, 0) is 37.3 Å². The van der Waals surface area contributed by atoms with Crippen LogP contribution in [0, 0.1) is 5.92 Å². The molecular formula is C12H19N3O. The second-order valence-electron chi connectivity index (χ2n) is 4.27. The first kappa shape index (κ1) is 11.2. The highest BCUT2D eigenvalue weighted by Crippen LogP contribution is 2.28. The van der Waals surface area contributed by atoms with Crippen LogP contribution in [0.2, 0.25) is 0 Å². The van der Waals surface area contributed by atoms with Crippen LogP contribution < -0.4 is 11.1 Å². The summed E-state index contributed by atoms with van der Waals surface area (Å²) in [4.78, 5) is 4.01. The molecule has 1 aromatic rings. The van der Waals surface area contributed by atoms with Crippen molar-refractivity contribution in [1.29, 1.82) is 0 Å². The molecule has 4 nitrogen and oxygen atoms in total. The number of nitrogens with zero attached hydrogens (tertiary/aromatic N) is 1. The highest BCUT2D eigenvalue weighted by molar-refractivity contribution is 5.45. The molecule has 1 fully saturated rings. The minimum absolute atomic E-state index is 0.554. The van der Waals surface area contributed by atoms with Crippen LogP contribution in [0.5, 0.6) is 0 Å². The van der Waals surface area contributed by atoms with Crippen molar-refractivity contribution in [2.75, 3.05) is 30.8 Å². The number of rotatable bonds is 7. The van der Waals surface area contributed by atoms with Crippen LogP contribution in [0.3, 0.4) is 0 Å². The second kappa shape index (κ2) is 5.70. The first-order valence-electron chi connectivity index (χ1n) is 5.88. The molecular weight excluding hydrogens is 202 g/mol. The maximum atomic E-state index is 5.54. The third-order valence-electron chi connectivity index (χ3n) is 2.63. The van der Waals surface area contributed by atoms with Gasteiger partial charge in [0.25, 0.3) is 0 Å². The summed E-state index contributed by atoms with van der Waals surface area (Å²) in [5.41, 5.74) is 6.51. The van der Waals surface area contributed by atoms with E-state index in [0.717, 1.165) is 37.8 Å². The molecule has 1 aromatic heterocycles. The van der Waals surface area contributed by atoms with Gasteiger partial charge in [0.1, 0.15) is 5.82 Å². The number of pyridine rings is 1. The van der Waals surface area contributed by atoms with Crippen LogP contribution in [0.4, 0.5) is 11.5 Å². The normalized spacial score (nSPS) is 15.0. The molecule has 4 heteroatoms. The zero-order valence-electron chi connectivity index (χ0n) is 9.48. The summed E-state index contributed by atoms with van der Waals surface area (Å²) in [7, 11) is 0. The van der Waals surface area contributed by atoms with E-state index in [2.05, 4.69) is 10.3 Å². The van der Waals surface area contributed by atoms with E-state index in [4.69, 9.17) is 10.5 Å². The number of nitrogens with two attached hydrogens (primary N) is 1. The van der Waals surface area contributed by atoms with Gasteiger partial charge in [0.15, 0.2) is 0 Å². The van der Waals surface area contributed by atoms with Gasteiger partial charge in [-0.1, -0.05) is 0 Å². The fraction of sp³-hybridized carbons (Fsp3) is 0.583. The minimum Gasteiger partial charge on any atom is -0.384 e. The van der Waals surface area contributed by atoms with Gasteiger partial charge >= 0.3 is 0 Å². The van der Waals surface area contributed by atoms with Crippen molar-refractivity contribution >= 4 is 11.5 Å². The number of hydrogen-bond donors (Lipinski definition) is 2. The summed E-state index contributed by atoms with van der Waals surface area (Å²) >= 11 is 0. The number of anilines is 2. The molecule has 0 amide bonds. The van der Waals surface area contributed by atoms with Gasteiger partial charge in [-0.2, -0.15) is 0 Å². The van der Waals surface area contributed by atoms with Crippen LogP contribution in [-0.2, 0) is 4.74 Å². The Morgan fingerprint density at radius 2 is 2.31 bits per heavy atom. The fourth-order valence-electron chi connectivity index (χ4n) is 1.45. The van der Waals surface area contributed by atoms with Gasteiger partial charge in [0.05, 0.1) is 11.9 Å². The van der Waals surface area contributed by atoms with Gasteiger partial charge < -0.3 is 15.8 Å². The number of nitrogen functional groups attached to an aromatic ring is 1. The van der Waals surface area contributed by atoms with Crippen molar-refractivity contribution in [3.05, 3.63) is 18.3 Å². The predicted molar refractivity (Wildman–Crippen MR) is 65.3 cm³/mol. The molecule has 1 aliphatic carbocycles. The van der Waals surface area contributed by atoms with E-state index in [9.17, 15) is 0 Å². The smallest absolute Gasteiger partial charge is 0.123 e. The van der Waals surface area contributed by atoms with E-state index < -0.39 is 0 Å². The molecule has 0 unspecified atom stereocenters.